The predicted molar refractivity (Wildman–Crippen MR) is 141 cm³/mol. The van der Waals surface area contributed by atoms with Crippen LogP contribution in [-0.4, -0.2) is 17.5 Å². The lowest BCUT2D eigenvalue weighted by Crippen LogP contribution is -1.91. The van der Waals surface area contributed by atoms with Gasteiger partial charge in [0.2, 0.25) is 0 Å². The Bertz CT molecular complexity index is 1280. The highest BCUT2D eigenvalue weighted by molar-refractivity contribution is 7.79. The van der Waals surface area contributed by atoms with Gasteiger partial charge in [-0.25, -0.2) is 8.42 Å². The molecule has 0 radical (unpaired) electrons. The lowest BCUT2D eigenvalue weighted by Gasteiger charge is -2.04. The maximum atomic E-state index is 11.5. The van der Waals surface area contributed by atoms with Crippen LogP contribution in [0.4, 0.5) is 0 Å². The molecule has 0 aromatic heterocycles. The second-order valence-corrected chi connectivity index (χ2v) is 9.36. The maximum Gasteiger partial charge on any atom is 0.187 e. The van der Waals surface area contributed by atoms with Gasteiger partial charge in [-0.3, -0.25) is 0 Å². The largest absolute Gasteiger partial charge is 0.302 e. The van der Waals surface area contributed by atoms with Crippen molar-refractivity contribution < 1.29 is 17.5 Å². The molecule has 0 saturated carbocycles. The molecule has 0 heterocycles. The molecular formula is C28H22O4S2. The zero-order valence-corrected chi connectivity index (χ0v) is 19.7. The van der Waals surface area contributed by atoms with Crippen LogP contribution in [0.1, 0.15) is 22.3 Å². The van der Waals surface area contributed by atoms with E-state index >= 15 is 0 Å². The van der Waals surface area contributed by atoms with Gasteiger partial charge in [0, 0.05) is 0 Å². The van der Waals surface area contributed by atoms with E-state index in [1.165, 1.54) is 0 Å². The average molecular weight is 487 g/mol. The summed E-state index contributed by atoms with van der Waals surface area (Å²) in [5.41, 5.74) is 5.55. The second kappa shape index (κ2) is 11.1. The lowest BCUT2D eigenvalue weighted by molar-refractivity contribution is 0.562. The van der Waals surface area contributed by atoms with Crippen LogP contribution in [-0.2, 0) is 22.2 Å². The summed E-state index contributed by atoms with van der Waals surface area (Å²) in [6.07, 6.45) is 7.51. The van der Waals surface area contributed by atoms with Crippen molar-refractivity contribution in [1.29, 1.82) is 0 Å². The van der Waals surface area contributed by atoms with Crippen LogP contribution in [0, 0.1) is 0 Å². The van der Waals surface area contributed by atoms with Crippen molar-refractivity contribution in [3.63, 3.8) is 0 Å². The van der Waals surface area contributed by atoms with Crippen molar-refractivity contribution in [3.05, 3.63) is 119 Å². The summed E-state index contributed by atoms with van der Waals surface area (Å²) in [5, 5.41) is 0. The molecule has 34 heavy (non-hydrogen) atoms. The Balaban J connectivity index is 1.47. The lowest BCUT2D eigenvalue weighted by atomic mass is 10.0. The van der Waals surface area contributed by atoms with Gasteiger partial charge in [-0.15, -0.1) is 0 Å². The summed E-state index contributed by atoms with van der Waals surface area (Å²) >= 11 is -4.05. The highest BCUT2D eigenvalue weighted by Crippen LogP contribution is 2.23. The van der Waals surface area contributed by atoms with Gasteiger partial charge in [-0.05, 0) is 45.5 Å². The van der Waals surface area contributed by atoms with E-state index in [1.807, 2.05) is 97.1 Å². The van der Waals surface area contributed by atoms with Crippen LogP contribution < -0.4 is 0 Å². The zero-order valence-electron chi connectivity index (χ0n) is 18.1. The molecule has 0 saturated heterocycles. The molecule has 0 amide bonds. The minimum atomic E-state index is -2.03. The molecule has 4 aromatic carbocycles. The number of benzene rings is 4. The summed E-state index contributed by atoms with van der Waals surface area (Å²) in [6.45, 7) is 0. The third-order valence-electron chi connectivity index (χ3n) is 5.28. The number of hydrogen-bond donors (Lipinski definition) is 2. The molecule has 0 aliphatic heterocycles. The first-order valence-corrected chi connectivity index (χ1v) is 12.7. The summed E-state index contributed by atoms with van der Waals surface area (Å²) in [5.74, 6) is 0. The van der Waals surface area contributed by atoms with Gasteiger partial charge >= 0.3 is 0 Å². The van der Waals surface area contributed by atoms with Gasteiger partial charge in [0.1, 0.15) is 0 Å². The number of rotatable bonds is 7. The Labute approximate surface area is 203 Å². The maximum absolute atomic E-state index is 11.5. The first-order valence-electron chi connectivity index (χ1n) is 10.5. The number of hydrogen-bond acceptors (Lipinski definition) is 2. The fourth-order valence-corrected chi connectivity index (χ4v) is 4.57. The fourth-order valence-electron chi connectivity index (χ4n) is 3.50. The SMILES string of the molecule is O=S(O)c1ccccc1/C=C/c1ccc(-c2ccc(/C=C/c3ccccc3S(=O)O)cc2)cc1. The van der Waals surface area contributed by atoms with Gasteiger partial charge in [-0.2, -0.15) is 0 Å². The Morgan fingerprint density at radius 1 is 0.471 bits per heavy atom. The van der Waals surface area contributed by atoms with Gasteiger partial charge < -0.3 is 9.11 Å². The summed E-state index contributed by atoms with van der Waals surface area (Å²) in [6, 6.07) is 30.2. The molecule has 4 nitrogen and oxygen atoms in total. The molecule has 4 aromatic rings. The summed E-state index contributed by atoms with van der Waals surface area (Å²) < 4.78 is 41.8. The Morgan fingerprint density at radius 3 is 1.18 bits per heavy atom. The minimum Gasteiger partial charge on any atom is -0.302 e. The van der Waals surface area contributed by atoms with Crippen molar-refractivity contribution in [3.8, 4) is 11.1 Å². The highest BCUT2D eigenvalue weighted by Gasteiger charge is 2.05. The molecule has 0 fully saturated rings. The van der Waals surface area contributed by atoms with Crippen LogP contribution in [0.25, 0.3) is 35.4 Å². The topological polar surface area (TPSA) is 74.6 Å². The predicted octanol–water partition coefficient (Wildman–Crippen LogP) is 6.86. The molecule has 6 heteroatoms. The molecular weight excluding hydrogens is 464 g/mol. The van der Waals surface area contributed by atoms with Crippen molar-refractivity contribution in [2.24, 2.45) is 0 Å². The first-order chi connectivity index (χ1) is 16.5. The van der Waals surface area contributed by atoms with Crippen molar-refractivity contribution in [1.82, 2.24) is 0 Å². The molecule has 0 bridgehead atoms. The molecule has 170 valence electrons. The Hall–Kier alpha value is -3.42. The van der Waals surface area contributed by atoms with Crippen molar-refractivity contribution in [2.45, 2.75) is 9.79 Å². The van der Waals surface area contributed by atoms with E-state index in [0.29, 0.717) is 20.9 Å². The van der Waals surface area contributed by atoms with Gasteiger partial charge in [0.25, 0.3) is 0 Å². The van der Waals surface area contributed by atoms with Crippen LogP contribution in [0.5, 0.6) is 0 Å². The van der Waals surface area contributed by atoms with E-state index in [-0.39, 0.29) is 0 Å². The molecule has 4 rings (SSSR count). The van der Waals surface area contributed by atoms with E-state index in [0.717, 1.165) is 22.3 Å². The third kappa shape index (κ3) is 5.92. The molecule has 2 atom stereocenters. The molecule has 2 unspecified atom stereocenters. The Morgan fingerprint density at radius 2 is 0.824 bits per heavy atom. The highest BCUT2D eigenvalue weighted by atomic mass is 32.2. The third-order valence-corrected chi connectivity index (χ3v) is 6.78. The smallest absolute Gasteiger partial charge is 0.187 e. The molecule has 0 aliphatic carbocycles. The van der Waals surface area contributed by atoms with Gasteiger partial charge in [-0.1, -0.05) is 109 Å². The molecule has 0 spiro atoms. The van der Waals surface area contributed by atoms with Crippen LogP contribution in [0.2, 0.25) is 0 Å². The molecule has 0 aliphatic rings. The van der Waals surface area contributed by atoms with Gasteiger partial charge in [0.15, 0.2) is 22.2 Å². The summed E-state index contributed by atoms with van der Waals surface area (Å²) in [4.78, 5) is 0.773. The molecule has 2 N–H and O–H groups in total. The van der Waals surface area contributed by atoms with E-state index in [2.05, 4.69) is 0 Å². The van der Waals surface area contributed by atoms with Crippen LogP contribution in [0.3, 0.4) is 0 Å². The minimum absolute atomic E-state index is 0.387. The first kappa shape index (κ1) is 23.7. The van der Waals surface area contributed by atoms with E-state index in [9.17, 15) is 17.5 Å². The van der Waals surface area contributed by atoms with Crippen LogP contribution >= 0.6 is 0 Å². The second-order valence-electron chi connectivity index (χ2n) is 7.48. The van der Waals surface area contributed by atoms with Crippen LogP contribution in [0.15, 0.2) is 107 Å². The van der Waals surface area contributed by atoms with Crippen molar-refractivity contribution >= 4 is 46.5 Å². The van der Waals surface area contributed by atoms with E-state index in [4.69, 9.17) is 0 Å². The standard InChI is InChI=1S/C28H22O4S2/c29-33(30)27-7-3-1-5-25(27)19-13-21-9-15-23(16-10-21)24-17-11-22(12-18-24)14-20-26-6-2-4-8-28(26)34(31)32/h1-20H,(H,29,30)(H,31,32)/b19-13+,20-14+. The van der Waals surface area contributed by atoms with E-state index < -0.39 is 22.2 Å². The quantitative estimate of drug-likeness (QED) is 0.221. The Kier molecular flexibility index (Phi) is 7.77. The normalized spacial score (nSPS) is 13.4. The zero-order chi connectivity index (χ0) is 23.9. The van der Waals surface area contributed by atoms with E-state index in [1.54, 1.807) is 24.3 Å². The summed E-state index contributed by atoms with van der Waals surface area (Å²) in [7, 11) is 0. The average Bonchev–Trinajstić information content (AvgIpc) is 2.87. The van der Waals surface area contributed by atoms with Crippen molar-refractivity contribution in [2.75, 3.05) is 0 Å². The fraction of sp³-hybridized carbons (Fsp3) is 0. The van der Waals surface area contributed by atoms with Gasteiger partial charge in [0.05, 0.1) is 9.79 Å². The monoisotopic (exact) mass is 486 g/mol.